The summed E-state index contributed by atoms with van der Waals surface area (Å²) in [5.74, 6) is 1.19. The molecule has 2 aromatic rings. The molecule has 1 saturated heterocycles. The van der Waals surface area contributed by atoms with Gasteiger partial charge >= 0.3 is 0 Å². The van der Waals surface area contributed by atoms with Gasteiger partial charge in [0.15, 0.2) is 0 Å². The van der Waals surface area contributed by atoms with Gasteiger partial charge in [-0.15, -0.1) is 0 Å². The number of aromatic nitrogens is 2. The van der Waals surface area contributed by atoms with Gasteiger partial charge in [-0.05, 0) is 37.1 Å². The number of rotatable bonds is 3. The Morgan fingerprint density at radius 2 is 2.05 bits per heavy atom. The van der Waals surface area contributed by atoms with Gasteiger partial charge in [-0.1, -0.05) is 5.16 Å². The minimum Gasteiger partial charge on any atom is -0.508 e. The smallest absolute Gasteiger partial charge is 0.256 e. The number of nitrogens with zero attached hydrogens (tertiary/aromatic N) is 2. The molecule has 1 aliphatic rings. The summed E-state index contributed by atoms with van der Waals surface area (Å²) < 4.78 is 10.9. The van der Waals surface area contributed by atoms with Crippen LogP contribution in [-0.4, -0.2) is 27.9 Å². The molecule has 0 saturated carbocycles. The van der Waals surface area contributed by atoms with E-state index in [0.29, 0.717) is 18.3 Å². The van der Waals surface area contributed by atoms with Crippen LogP contribution in [0.5, 0.6) is 5.75 Å². The number of benzene rings is 1. The van der Waals surface area contributed by atoms with Crippen molar-refractivity contribution in [3.63, 3.8) is 0 Å². The van der Waals surface area contributed by atoms with E-state index < -0.39 is 0 Å². The summed E-state index contributed by atoms with van der Waals surface area (Å²) in [6, 6.07) is 6.65. The summed E-state index contributed by atoms with van der Waals surface area (Å²) in [6.45, 7) is 0.509. The quantitative estimate of drug-likeness (QED) is 0.871. The molecule has 0 spiro atoms. The topological polar surface area (TPSA) is 94.4 Å². The highest BCUT2D eigenvalue weighted by atomic mass is 16.5. The van der Waals surface area contributed by atoms with Crippen molar-refractivity contribution in [3.05, 3.63) is 30.2 Å². The second kappa shape index (κ2) is 4.99. The Labute approximate surface area is 110 Å². The standard InChI is InChI=1S/C13H15N3O3/c14-7-10-5-6-11(18-10)13-15-12(16-19-13)8-1-3-9(17)4-2-8/h1-4,10-11,17H,5-7,14H2. The first kappa shape index (κ1) is 12.1. The number of phenols is 1. The Bertz CT molecular complexity index is 553. The lowest BCUT2D eigenvalue weighted by Crippen LogP contribution is -2.18. The monoisotopic (exact) mass is 261 g/mol. The summed E-state index contributed by atoms with van der Waals surface area (Å²) in [6.07, 6.45) is 1.68. The van der Waals surface area contributed by atoms with Gasteiger partial charge in [0.25, 0.3) is 5.89 Å². The molecule has 1 aliphatic heterocycles. The highest BCUT2D eigenvalue weighted by Gasteiger charge is 2.29. The van der Waals surface area contributed by atoms with Gasteiger partial charge in [0, 0.05) is 12.1 Å². The Morgan fingerprint density at radius 3 is 2.74 bits per heavy atom. The van der Waals surface area contributed by atoms with Crippen LogP contribution in [0.3, 0.4) is 0 Å². The van der Waals surface area contributed by atoms with E-state index in [-0.39, 0.29) is 18.0 Å². The Kier molecular flexibility index (Phi) is 3.18. The van der Waals surface area contributed by atoms with Crippen molar-refractivity contribution in [2.24, 2.45) is 5.73 Å². The molecule has 19 heavy (non-hydrogen) atoms. The normalized spacial score (nSPS) is 22.8. The Balaban J connectivity index is 1.78. The van der Waals surface area contributed by atoms with E-state index in [2.05, 4.69) is 10.1 Å². The van der Waals surface area contributed by atoms with Crippen molar-refractivity contribution >= 4 is 0 Å². The first-order valence-corrected chi connectivity index (χ1v) is 6.25. The average Bonchev–Trinajstić information content (AvgIpc) is 3.08. The molecule has 3 N–H and O–H groups in total. The fourth-order valence-corrected chi connectivity index (χ4v) is 2.15. The fraction of sp³-hybridized carbons (Fsp3) is 0.385. The van der Waals surface area contributed by atoms with Crippen LogP contribution in [0.25, 0.3) is 11.4 Å². The lowest BCUT2D eigenvalue weighted by molar-refractivity contribution is 0.0307. The van der Waals surface area contributed by atoms with E-state index in [1.807, 2.05) is 0 Å². The lowest BCUT2D eigenvalue weighted by atomic mass is 10.2. The number of phenolic OH excluding ortho intramolecular Hbond substituents is 1. The molecule has 0 bridgehead atoms. The van der Waals surface area contributed by atoms with Crippen LogP contribution in [0.4, 0.5) is 0 Å². The first-order valence-electron chi connectivity index (χ1n) is 6.25. The highest BCUT2D eigenvalue weighted by molar-refractivity contribution is 5.55. The van der Waals surface area contributed by atoms with Crippen molar-refractivity contribution in [2.75, 3.05) is 6.54 Å². The molecular weight excluding hydrogens is 246 g/mol. The number of ether oxygens (including phenoxy) is 1. The van der Waals surface area contributed by atoms with Crippen LogP contribution in [0, 0.1) is 0 Å². The van der Waals surface area contributed by atoms with Crippen molar-refractivity contribution in [3.8, 4) is 17.1 Å². The van der Waals surface area contributed by atoms with Crippen molar-refractivity contribution < 1.29 is 14.4 Å². The van der Waals surface area contributed by atoms with Crippen LogP contribution >= 0.6 is 0 Å². The molecule has 0 aliphatic carbocycles. The van der Waals surface area contributed by atoms with E-state index in [9.17, 15) is 5.11 Å². The summed E-state index contributed by atoms with van der Waals surface area (Å²) in [7, 11) is 0. The molecule has 1 aromatic carbocycles. The zero-order valence-electron chi connectivity index (χ0n) is 10.3. The largest absolute Gasteiger partial charge is 0.508 e. The van der Waals surface area contributed by atoms with Crippen LogP contribution in [0.15, 0.2) is 28.8 Å². The SMILES string of the molecule is NCC1CCC(c2nc(-c3ccc(O)cc3)no2)O1. The maximum Gasteiger partial charge on any atom is 0.256 e. The fourth-order valence-electron chi connectivity index (χ4n) is 2.15. The summed E-state index contributed by atoms with van der Waals surface area (Å²) >= 11 is 0. The minimum absolute atomic E-state index is 0.0778. The second-order valence-electron chi connectivity index (χ2n) is 4.56. The van der Waals surface area contributed by atoms with E-state index in [1.165, 1.54) is 0 Å². The number of hydrogen-bond donors (Lipinski definition) is 2. The molecule has 100 valence electrons. The first-order chi connectivity index (χ1) is 9.26. The van der Waals surface area contributed by atoms with Crippen molar-refractivity contribution in [1.82, 2.24) is 10.1 Å². The van der Waals surface area contributed by atoms with Gasteiger partial charge in [-0.3, -0.25) is 0 Å². The molecule has 3 rings (SSSR count). The molecule has 2 unspecified atom stereocenters. The molecule has 6 nitrogen and oxygen atoms in total. The minimum atomic E-state index is -0.160. The molecule has 1 fully saturated rings. The molecule has 1 aromatic heterocycles. The van der Waals surface area contributed by atoms with Gasteiger partial charge in [0.05, 0.1) is 6.10 Å². The number of nitrogens with two attached hydrogens (primary N) is 1. The number of hydrogen-bond acceptors (Lipinski definition) is 6. The number of aromatic hydroxyl groups is 1. The summed E-state index contributed by atoms with van der Waals surface area (Å²) in [5.41, 5.74) is 6.36. The van der Waals surface area contributed by atoms with Crippen LogP contribution in [-0.2, 0) is 4.74 Å². The predicted octanol–water partition coefficient (Wildman–Crippen LogP) is 1.62. The summed E-state index contributed by atoms with van der Waals surface area (Å²) in [4.78, 5) is 4.34. The molecule has 6 heteroatoms. The Hall–Kier alpha value is -1.92. The highest BCUT2D eigenvalue weighted by Crippen LogP contribution is 2.32. The van der Waals surface area contributed by atoms with Gasteiger partial charge < -0.3 is 20.1 Å². The van der Waals surface area contributed by atoms with E-state index in [4.69, 9.17) is 15.0 Å². The second-order valence-corrected chi connectivity index (χ2v) is 4.56. The van der Waals surface area contributed by atoms with Gasteiger partial charge in [0.1, 0.15) is 11.9 Å². The maximum atomic E-state index is 9.24. The van der Waals surface area contributed by atoms with Crippen LogP contribution in [0.1, 0.15) is 24.8 Å². The molecule has 0 amide bonds. The van der Waals surface area contributed by atoms with Gasteiger partial charge in [-0.25, -0.2) is 0 Å². The molecule has 2 heterocycles. The van der Waals surface area contributed by atoms with Crippen molar-refractivity contribution in [1.29, 1.82) is 0 Å². The molecule has 2 atom stereocenters. The zero-order chi connectivity index (χ0) is 13.2. The predicted molar refractivity (Wildman–Crippen MR) is 67.3 cm³/mol. The molecule has 0 radical (unpaired) electrons. The molecular formula is C13H15N3O3. The van der Waals surface area contributed by atoms with Crippen molar-refractivity contribution in [2.45, 2.75) is 25.0 Å². The average molecular weight is 261 g/mol. The maximum absolute atomic E-state index is 9.24. The van der Waals surface area contributed by atoms with E-state index in [1.54, 1.807) is 24.3 Å². The van der Waals surface area contributed by atoms with Crippen LogP contribution < -0.4 is 5.73 Å². The van der Waals surface area contributed by atoms with Gasteiger partial charge in [-0.2, -0.15) is 4.98 Å². The van der Waals surface area contributed by atoms with Crippen LogP contribution in [0.2, 0.25) is 0 Å². The third kappa shape index (κ3) is 2.45. The summed E-state index contributed by atoms with van der Waals surface area (Å²) in [5, 5.41) is 13.2. The van der Waals surface area contributed by atoms with Gasteiger partial charge in [0.2, 0.25) is 5.82 Å². The Morgan fingerprint density at radius 1 is 1.26 bits per heavy atom. The third-order valence-corrected chi connectivity index (χ3v) is 3.21. The lowest BCUT2D eigenvalue weighted by Gasteiger charge is -2.07. The third-order valence-electron chi connectivity index (χ3n) is 3.21. The van der Waals surface area contributed by atoms with E-state index >= 15 is 0 Å². The van der Waals surface area contributed by atoms with E-state index in [0.717, 1.165) is 18.4 Å². The zero-order valence-corrected chi connectivity index (χ0v) is 10.3.